The van der Waals surface area contributed by atoms with Crippen molar-refractivity contribution in [2.24, 2.45) is 0 Å². The molecule has 1 saturated carbocycles. The summed E-state index contributed by atoms with van der Waals surface area (Å²) in [5.74, 6) is 1.01. The maximum absolute atomic E-state index is 4.48. The molecular formula is C11H15BrN2. The first-order valence-electron chi connectivity index (χ1n) is 5.15. The third-order valence-corrected chi connectivity index (χ3v) is 3.57. The van der Waals surface area contributed by atoms with Crippen LogP contribution in [0.2, 0.25) is 0 Å². The molecule has 3 heteroatoms. The fourth-order valence-electron chi connectivity index (χ4n) is 1.90. The summed E-state index contributed by atoms with van der Waals surface area (Å²) < 4.78 is 1.08. The Morgan fingerprint density at radius 3 is 2.71 bits per heavy atom. The van der Waals surface area contributed by atoms with Gasteiger partial charge in [-0.2, -0.15) is 0 Å². The van der Waals surface area contributed by atoms with Gasteiger partial charge in [-0.15, -0.1) is 0 Å². The van der Waals surface area contributed by atoms with Gasteiger partial charge in [0.1, 0.15) is 5.82 Å². The van der Waals surface area contributed by atoms with Crippen LogP contribution in [0.1, 0.15) is 31.4 Å². The van der Waals surface area contributed by atoms with Crippen molar-refractivity contribution in [1.82, 2.24) is 4.98 Å². The lowest BCUT2D eigenvalue weighted by molar-refractivity contribution is 0.749. The fraction of sp³-hybridized carbons (Fsp3) is 0.545. The second-order valence-electron chi connectivity index (χ2n) is 3.89. The van der Waals surface area contributed by atoms with Crippen LogP contribution in [0.4, 0.5) is 5.82 Å². The quantitative estimate of drug-likeness (QED) is 0.874. The highest BCUT2D eigenvalue weighted by atomic mass is 79.9. The Morgan fingerprint density at radius 2 is 2.07 bits per heavy atom. The summed E-state index contributed by atoms with van der Waals surface area (Å²) in [4.78, 5) is 4.48. The molecule has 1 aromatic heterocycles. The molecule has 1 aliphatic carbocycles. The largest absolute Gasteiger partial charge is 0.367 e. The van der Waals surface area contributed by atoms with Gasteiger partial charge in [0.25, 0.3) is 0 Å². The minimum absolute atomic E-state index is 0.642. The molecule has 2 rings (SSSR count). The Balaban J connectivity index is 2.05. The van der Waals surface area contributed by atoms with Gasteiger partial charge in [-0.3, -0.25) is 0 Å². The molecule has 0 saturated heterocycles. The van der Waals surface area contributed by atoms with E-state index in [4.69, 9.17) is 0 Å². The van der Waals surface area contributed by atoms with Gasteiger partial charge in [-0.1, -0.05) is 12.8 Å². The Labute approximate surface area is 93.3 Å². The molecule has 0 aliphatic heterocycles. The zero-order valence-corrected chi connectivity index (χ0v) is 9.97. The lowest BCUT2D eigenvalue weighted by Crippen LogP contribution is -2.15. The number of nitrogens with one attached hydrogen (secondary N) is 1. The second kappa shape index (κ2) is 4.30. The van der Waals surface area contributed by atoms with E-state index in [0.29, 0.717) is 6.04 Å². The third-order valence-electron chi connectivity index (χ3n) is 2.73. The summed E-state index contributed by atoms with van der Waals surface area (Å²) in [7, 11) is 0. The maximum Gasteiger partial charge on any atom is 0.126 e. The van der Waals surface area contributed by atoms with Crippen molar-refractivity contribution in [3.8, 4) is 0 Å². The average molecular weight is 255 g/mol. The molecule has 14 heavy (non-hydrogen) atoms. The van der Waals surface area contributed by atoms with Gasteiger partial charge >= 0.3 is 0 Å². The molecule has 0 amide bonds. The van der Waals surface area contributed by atoms with Crippen LogP contribution in [-0.4, -0.2) is 11.0 Å². The number of hydrogen-bond donors (Lipinski definition) is 1. The molecule has 1 aliphatic rings. The summed E-state index contributed by atoms with van der Waals surface area (Å²) in [5, 5.41) is 3.48. The van der Waals surface area contributed by atoms with Crippen molar-refractivity contribution in [2.45, 2.75) is 38.6 Å². The van der Waals surface area contributed by atoms with E-state index in [9.17, 15) is 0 Å². The maximum atomic E-state index is 4.48. The van der Waals surface area contributed by atoms with E-state index in [1.54, 1.807) is 0 Å². The van der Waals surface area contributed by atoms with Gasteiger partial charge < -0.3 is 5.32 Å². The lowest BCUT2D eigenvalue weighted by Gasteiger charge is -2.13. The highest BCUT2D eigenvalue weighted by Crippen LogP contribution is 2.22. The van der Waals surface area contributed by atoms with Crippen LogP contribution < -0.4 is 5.32 Å². The molecule has 0 bridgehead atoms. The predicted molar refractivity (Wildman–Crippen MR) is 62.6 cm³/mol. The lowest BCUT2D eigenvalue weighted by atomic mass is 10.2. The second-order valence-corrected chi connectivity index (χ2v) is 4.74. The zero-order chi connectivity index (χ0) is 9.97. The summed E-state index contributed by atoms with van der Waals surface area (Å²) in [6.07, 6.45) is 5.29. The summed E-state index contributed by atoms with van der Waals surface area (Å²) >= 11 is 3.45. The van der Waals surface area contributed by atoms with Crippen molar-refractivity contribution in [2.75, 3.05) is 5.32 Å². The van der Waals surface area contributed by atoms with Gasteiger partial charge in [0.05, 0.1) is 5.69 Å². The monoisotopic (exact) mass is 254 g/mol. The molecule has 0 spiro atoms. The van der Waals surface area contributed by atoms with Crippen molar-refractivity contribution >= 4 is 21.7 Å². The van der Waals surface area contributed by atoms with E-state index in [0.717, 1.165) is 16.0 Å². The minimum Gasteiger partial charge on any atom is -0.367 e. The number of halogens is 1. The Hall–Kier alpha value is -0.570. The summed E-state index contributed by atoms with van der Waals surface area (Å²) in [6.45, 7) is 2.02. The molecule has 2 nitrogen and oxygen atoms in total. The van der Waals surface area contributed by atoms with E-state index in [1.165, 1.54) is 25.7 Å². The average Bonchev–Trinajstić information content (AvgIpc) is 2.64. The summed E-state index contributed by atoms with van der Waals surface area (Å²) in [5.41, 5.74) is 1.05. The van der Waals surface area contributed by atoms with Crippen LogP contribution in [0.15, 0.2) is 16.6 Å². The first kappa shape index (κ1) is 9.97. The number of hydrogen-bond acceptors (Lipinski definition) is 2. The Bertz CT molecular complexity index is 319. The Morgan fingerprint density at radius 1 is 1.36 bits per heavy atom. The van der Waals surface area contributed by atoms with Crippen LogP contribution in [-0.2, 0) is 0 Å². The standard InChI is InChI=1S/C11H15BrN2/c1-8-10(12)6-7-11(13-8)14-9-4-2-3-5-9/h6-7,9H,2-5H2,1H3,(H,13,14). The summed E-state index contributed by atoms with van der Waals surface area (Å²) in [6, 6.07) is 4.73. The van der Waals surface area contributed by atoms with Crippen molar-refractivity contribution in [3.63, 3.8) is 0 Å². The molecule has 1 heterocycles. The van der Waals surface area contributed by atoms with Crippen molar-refractivity contribution in [3.05, 3.63) is 22.3 Å². The fourth-order valence-corrected chi connectivity index (χ4v) is 2.12. The minimum atomic E-state index is 0.642. The molecule has 1 aromatic rings. The number of anilines is 1. The normalized spacial score (nSPS) is 17.3. The third kappa shape index (κ3) is 2.27. The SMILES string of the molecule is Cc1nc(NC2CCCC2)ccc1Br. The van der Waals surface area contributed by atoms with E-state index >= 15 is 0 Å². The molecule has 0 unspecified atom stereocenters. The van der Waals surface area contributed by atoms with Crippen LogP contribution in [0.25, 0.3) is 0 Å². The highest BCUT2D eigenvalue weighted by Gasteiger charge is 2.14. The van der Waals surface area contributed by atoms with Crippen molar-refractivity contribution < 1.29 is 0 Å². The highest BCUT2D eigenvalue weighted by molar-refractivity contribution is 9.10. The van der Waals surface area contributed by atoms with Gasteiger partial charge in [-0.25, -0.2) is 4.98 Å². The number of pyridine rings is 1. The van der Waals surface area contributed by atoms with E-state index in [-0.39, 0.29) is 0 Å². The number of aryl methyl sites for hydroxylation is 1. The molecule has 1 fully saturated rings. The number of nitrogens with zero attached hydrogens (tertiary/aromatic N) is 1. The zero-order valence-electron chi connectivity index (χ0n) is 8.39. The molecule has 76 valence electrons. The first-order chi connectivity index (χ1) is 6.75. The van der Waals surface area contributed by atoms with Crippen LogP contribution >= 0.6 is 15.9 Å². The topological polar surface area (TPSA) is 24.9 Å². The smallest absolute Gasteiger partial charge is 0.126 e. The van der Waals surface area contributed by atoms with Gasteiger partial charge in [0.2, 0.25) is 0 Å². The number of rotatable bonds is 2. The molecule has 0 aromatic carbocycles. The van der Waals surface area contributed by atoms with Gasteiger partial charge in [0, 0.05) is 10.5 Å². The van der Waals surface area contributed by atoms with Crippen LogP contribution in [0, 0.1) is 6.92 Å². The molecule has 0 radical (unpaired) electrons. The molecule has 1 N–H and O–H groups in total. The molecular weight excluding hydrogens is 240 g/mol. The van der Waals surface area contributed by atoms with Crippen molar-refractivity contribution in [1.29, 1.82) is 0 Å². The van der Waals surface area contributed by atoms with E-state index < -0.39 is 0 Å². The van der Waals surface area contributed by atoms with Gasteiger partial charge in [-0.05, 0) is 47.8 Å². The van der Waals surface area contributed by atoms with Crippen LogP contribution in [0.5, 0.6) is 0 Å². The van der Waals surface area contributed by atoms with Crippen LogP contribution in [0.3, 0.4) is 0 Å². The predicted octanol–water partition coefficient (Wildman–Crippen LogP) is 3.51. The van der Waals surface area contributed by atoms with E-state index in [2.05, 4.69) is 32.3 Å². The first-order valence-corrected chi connectivity index (χ1v) is 5.95. The molecule has 0 atom stereocenters. The van der Waals surface area contributed by atoms with Gasteiger partial charge in [0.15, 0.2) is 0 Å². The Kier molecular flexibility index (Phi) is 3.06. The van der Waals surface area contributed by atoms with E-state index in [1.807, 2.05) is 13.0 Å². The number of aromatic nitrogens is 1.